The van der Waals surface area contributed by atoms with Crippen LogP contribution in [0.1, 0.15) is 27.7 Å². The van der Waals surface area contributed by atoms with Crippen molar-refractivity contribution in [3.8, 4) is 5.75 Å². The molecule has 0 aromatic heterocycles. The molecule has 0 spiro atoms. The molecule has 28 heavy (non-hydrogen) atoms. The Labute approximate surface area is 166 Å². The first kappa shape index (κ1) is 24.6. The number of carbonyl (C=O) groups is 1. The summed E-state index contributed by atoms with van der Waals surface area (Å²) in [7, 11) is -5.90. The molecule has 0 aliphatic heterocycles. The fraction of sp³-hybridized carbons (Fsp3) is 0.588. The average Bonchev–Trinajstić information content (AvgIpc) is 2.62. The standard InChI is InChI=1S/C17H29N2O7PS/c1-6-19(7-2)28(22,23)14-10-11-16(24-5)15(12-14)18-17(20)13-27(21,25-8-3)26-9-4/h10-12H,6-9,13H2,1-5H3,(H,18,20). The Balaban J connectivity index is 3.16. The van der Waals surface area contributed by atoms with Crippen molar-refractivity contribution in [1.29, 1.82) is 0 Å². The minimum absolute atomic E-state index is 0.0186. The van der Waals surface area contributed by atoms with Crippen molar-refractivity contribution in [3.05, 3.63) is 18.2 Å². The van der Waals surface area contributed by atoms with Gasteiger partial charge in [-0.1, -0.05) is 13.8 Å². The van der Waals surface area contributed by atoms with E-state index in [9.17, 15) is 17.8 Å². The fourth-order valence-corrected chi connectivity index (χ4v) is 5.50. The number of methoxy groups -OCH3 is 1. The molecule has 0 fully saturated rings. The van der Waals surface area contributed by atoms with Crippen LogP contribution in [-0.4, -0.2) is 58.2 Å². The topological polar surface area (TPSA) is 111 Å². The predicted octanol–water partition coefficient (Wildman–Crippen LogP) is 2.93. The van der Waals surface area contributed by atoms with E-state index in [4.69, 9.17) is 13.8 Å². The highest BCUT2D eigenvalue weighted by atomic mass is 32.2. The number of benzene rings is 1. The summed E-state index contributed by atoms with van der Waals surface area (Å²) in [6.45, 7) is 7.68. The number of hydrogen-bond acceptors (Lipinski definition) is 7. The number of nitrogens with one attached hydrogen (secondary N) is 1. The summed E-state index contributed by atoms with van der Waals surface area (Å²) in [5, 5.41) is 2.54. The molecule has 1 N–H and O–H groups in total. The zero-order valence-electron chi connectivity index (χ0n) is 16.9. The van der Waals surface area contributed by atoms with Crippen LogP contribution >= 0.6 is 7.60 Å². The first-order valence-electron chi connectivity index (χ1n) is 9.03. The summed E-state index contributed by atoms with van der Waals surface area (Å²) < 4.78 is 54.7. The summed E-state index contributed by atoms with van der Waals surface area (Å²) in [5.41, 5.74) is 0.153. The number of hydrogen-bond donors (Lipinski definition) is 1. The highest BCUT2D eigenvalue weighted by molar-refractivity contribution is 7.89. The Morgan fingerprint density at radius 3 is 2.14 bits per heavy atom. The molecule has 0 saturated carbocycles. The second kappa shape index (κ2) is 10.9. The molecule has 0 aliphatic carbocycles. The second-order valence-electron chi connectivity index (χ2n) is 5.60. The summed E-state index contributed by atoms with van der Waals surface area (Å²) in [6.07, 6.45) is -0.495. The third-order valence-electron chi connectivity index (χ3n) is 3.78. The second-order valence-corrected chi connectivity index (χ2v) is 9.60. The number of amides is 1. The third-order valence-corrected chi connectivity index (χ3v) is 7.80. The largest absolute Gasteiger partial charge is 0.495 e. The predicted molar refractivity (Wildman–Crippen MR) is 107 cm³/mol. The molecule has 1 amide bonds. The van der Waals surface area contributed by atoms with Gasteiger partial charge in [0, 0.05) is 13.1 Å². The van der Waals surface area contributed by atoms with Crippen molar-refractivity contribution in [2.45, 2.75) is 32.6 Å². The molecule has 0 atom stereocenters. The van der Waals surface area contributed by atoms with Crippen molar-refractivity contribution < 1.29 is 31.6 Å². The Hall–Kier alpha value is -1.45. The summed E-state index contributed by atoms with van der Waals surface area (Å²) in [5.74, 6) is -0.365. The third kappa shape index (κ3) is 6.28. The van der Waals surface area contributed by atoms with Gasteiger partial charge >= 0.3 is 7.60 Å². The lowest BCUT2D eigenvalue weighted by Gasteiger charge is -2.20. The van der Waals surface area contributed by atoms with Gasteiger partial charge in [0.2, 0.25) is 15.9 Å². The van der Waals surface area contributed by atoms with Gasteiger partial charge in [0.25, 0.3) is 0 Å². The van der Waals surface area contributed by atoms with E-state index in [1.54, 1.807) is 27.7 Å². The van der Waals surface area contributed by atoms with Crippen LogP contribution in [0.2, 0.25) is 0 Å². The molecule has 160 valence electrons. The van der Waals surface area contributed by atoms with E-state index in [-0.39, 0.29) is 29.5 Å². The van der Waals surface area contributed by atoms with Gasteiger partial charge in [-0.3, -0.25) is 9.36 Å². The first-order valence-corrected chi connectivity index (χ1v) is 12.2. The van der Waals surface area contributed by atoms with Gasteiger partial charge in [-0.2, -0.15) is 4.31 Å². The minimum Gasteiger partial charge on any atom is -0.495 e. The Kier molecular flexibility index (Phi) is 9.59. The van der Waals surface area contributed by atoms with E-state index in [1.807, 2.05) is 0 Å². The number of nitrogens with zero attached hydrogens (tertiary/aromatic N) is 1. The first-order chi connectivity index (χ1) is 13.2. The lowest BCUT2D eigenvalue weighted by molar-refractivity contribution is -0.114. The number of anilines is 1. The Bertz CT molecular complexity index is 800. The van der Waals surface area contributed by atoms with Crippen LogP contribution in [0, 0.1) is 0 Å². The van der Waals surface area contributed by atoms with Crippen LogP contribution in [0.25, 0.3) is 0 Å². The van der Waals surface area contributed by atoms with Crippen LogP contribution in [0.15, 0.2) is 23.1 Å². The van der Waals surface area contributed by atoms with Gasteiger partial charge in [0.05, 0.1) is 30.9 Å². The number of carbonyl (C=O) groups excluding carboxylic acids is 1. The van der Waals surface area contributed by atoms with Crippen LogP contribution in [0.5, 0.6) is 5.75 Å². The van der Waals surface area contributed by atoms with E-state index >= 15 is 0 Å². The molecule has 1 rings (SSSR count). The van der Waals surface area contributed by atoms with Crippen molar-refractivity contribution in [3.63, 3.8) is 0 Å². The molecule has 9 nitrogen and oxygen atoms in total. The monoisotopic (exact) mass is 436 g/mol. The highest BCUT2D eigenvalue weighted by Gasteiger charge is 2.29. The maximum Gasteiger partial charge on any atom is 0.340 e. The van der Waals surface area contributed by atoms with Crippen LogP contribution in [-0.2, 0) is 28.4 Å². The number of sulfonamides is 1. The van der Waals surface area contributed by atoms with Gasteiger partial charge in [0.1, 0.15) is 11.9 Å². The summed E-state index contributed by atoms with van der Waals surface area (Å²) in [4.78, 5) is 12.4. The minimum atomic E-state index is -3.71. The zero-order chi connectivity index (χ0) is 21.4. The van der Waals surface area contributed by atoms with Crippen molar-refractivity contribution in [1.82, 2.24) is 4.31 Å². The van der Waals surface area contributed by atoms with E-state index in [2.05, 4.69) is 5.32 Å². The molecular formula is C17H29N2O7PS. The average molecular weight is 436 g/mol. The lowest BCUT2D eigenvalue weighted by Crippen LogP contribution is -2.30. The van der Waals surface area contributed by atoms with Gasteiger partial charge in [-0.05, 0) is 32.0 Å². The number of rotatable bonds is 12. The van der Waals surface area contributed by atoms with Crippen molar-refractivity contribution in [2.75, 3.05) is 44.9 Å². The molecule has 1 aromatic rings. The van der Waals surface area contributed by atoms with Crippen molar-refractivity contribution in [2.24, 2.45) is 0 Å². The number of ether oxygens (including phenoxy) is 1. The van der Waals surface area contributed by atoms with Gasteiger partial charge in [-0.15, -0.1) is 0 Å². The van der Waals surface area contributed by atoms with E-state index in [0.717, 1.165) is 0 Å². The normalized spacial score (nSPS) is 12.2. The Morgan fingerprint density at radius 2 is 1.68 bits per heavy atom. The molecule has 1 aromatic carbocycles. The lowest BCUT2D eigenvalue weighted by atomic mass is 10.3. The quantitative estimate of drug-likeness (QED) is 0.502. The molecule has 0 aliphatic rings. The fourth-order valence-electron chi connectivity index (χ4n) is 2.55. The van der Waals surface area contributed by atoms with Crippen molar-refractivity contribution >= 4 is 29.2 Å². The van der Waals surface area contributed by atoms with Crippen LogP contribution in [0.4, 0.5) is 5.69 Å². The van der Waals surface area contributed by atoms with E-state index in [1.165, 1.54) is 29.6 Å². The smallest absolute Gasteiger partial charge is 0.340 e. The van der Waals surface area contributed by atoms with E-state index in [0.29, 0.717) is 13.1 Å². The molecule has 0 saturated heterocycles. The maximum absolute atomic E-state index is 12.7. The van der Waals surface area contributed by atoms with Gasteiger partial charge in [0.15, 0.2) is 0 Å². The molecule has 11 heteroatoms. The van der Waals surface area contributed by atoms with E-state index < -0.39 is 29.7 Å². The Morgan fingerprint density at radius 1 is 1.11 bits per heavy atom. The molecule has 0 unspecified atom stereocenters. The molecule has 0 radical (unpaired) electrons. The summed E-state index contributed by atoms with van der Waals surface area (Å²) >= 11 is 0. The van der Waals surface area contributed by atoms with Gasteiger partial charge < -0.3 is 19.1 Å². The van der Waals surface area contributed by atoms with Crippen LogP contribution in [0.3, 0.4) is 0 Å². The molecule has 0 bridgehead atoms. The summed E-state index contributed by atoms with van der Waals surface area (Å²) in [6, 6.07) is 4.18. The van der Waals surface area contributed by atoms with Crippen LogP contribution < -0.4 is 10.1 Å². The molecular weight excluding hydrogens is 407 g/mol. The van der Waals surface area contributed by atoms with Gasteiger partial charge in [-0.25, -0.2) is 8.42 Å². The maximum atomic E-state index is 12.7. The zero-order valence-corrected chi connectivity index (χ0v) is 18.6. The SMILES string of the molecule is CCOP(=O)(CC(=O)Nc1cc(S(=O)(=O)N(CC)CC)ccc1OC)OCC. The highest BCUT2D eigenvalue weighted by Crippen LogP contribution is 2.47. The molecule has 0 heterocycles.